The first-order chi connectivity index (χ1) is 14.7. The van der Waals surface area contributed by atoms with Gasteiger partial charge in [0.1, 0.15) is 5.52 Å². The number of fused-ring (bicyclic) bond motifs is 1. The van der Waals surface area contributed by atoms with Crippen LogP contribution in [0.4, 0.5) is 0 Å². The third-order valence-electron chi connectivity index (χ3n) is 6.04. The van der Waals surface area contributed by atoms with Gasteiger partial charge in [0.05, 0.1) is 5.25 Å². The number of nitrogens with one attached hydrogen (secondary N) is 1. The van der Waals surface area contributed by atoms with E-state index in [4.69, 9.17) is 16.0 Å². The minimum absolute atomic E-state index is 0.0165. The molecule has 2 fully saturated rings. The summed E-state index contributed by atoms with van der Waals surface area (Å²) < 4.78 is 30.6. The zero-order valence-corrected chi connectivity index (χ0v) is 18.5. The van der Waals surface area contributed by atoms with Crippen LogP contribution in [0.25, 0.3) is 11.1 Å². The summed E-state index contributed by atoms with van der Waals surface area (Å²) in [5.74, 6) is 0.381. The molecular weight excluding hydrogens is 438 g/mol. The van der Waals surface area contributed by atoms with E-state index in [1.54, 1.807) is 18.2 Å². The zero-order chi connectivity index (χ0) is 21.8. The minimum atomic E-state index is -3.43. The molecular formula is C22H22ClN3O4S. The Hall–Kier alpha value is -2.45. The molecule has 0 aliphatic heterocycles. The molecule has 2 aliphatic rings. The van der Waals surface area contributed by atoms with Gasteiger partial charge in [0.2, 0.25) is 0 Å². The number of aromatic nitrogens is 2. The second-order valence-corrected chi connectivity index (χ2v) is 11.5. The molecule has 1 N–H and O–H groups in total. The van der Waals surface area contributed by atoms with Gasteiger partial charge in [-0.3, -0.25) is 4.79 Å². The number of carbonyl (C=O) groups excluding carboxylic acids is 1. The molecule has 2 heterocycles. The van der Waals surface area contributed by atoms with Gasteiger partial charge in [0.25, 0.3) is 5.91 Å². The summed E-state index contributed by atoms with van der Waals surface area (Å²) in [6, 6.07) is 8.31. The monoisotopic (exact) mass is 459 g/mol. The molecule has 2 aliphatic carbocycles. The molecule has 2 saturated carbocycles. The molecule has 3 aromatic rings. The van der Waals surface area contributed by atoms with E-state index in [2.05, 4.69) is 22.2 Å². The van der Waals surface area contributed by atoms with E-state index in [0.717, 1.165) is 18.4 Å². The number of sulfone groups is 1. The van der Waals surface area contributed by atoms with Crippen molar-refractivity contribution >= 4 is 38.4 Å². The van der Waals surface area contributed by atoms with Gasteiger partial charge in [-0.1, -0.05) is 18.5 Å². The fourth-order valence-electron chi connectivity index (χ4n) is 4.29. The van der Waals surface area contributed by atoms with Crippen LogP contribution >= 0.6 is 11.6 Å². The van der Waals surface area contributed by atoms with Gasteiger partial charge >= 0.3 is 0 Å². The molecule has 0 spiro atoms. The number of hydrogen-bond acceptors (Lipinski definition) is 6. The van der Waals surface area contributed by atoms with Crippen LogP contribution in [-0.2, 0) is 16.3 Å². The van der Waals surface area contributed by atoms with Crippen molar-refractivity contribution in [1.29, 1.82) is 0 Å². The summed E-state index contributed by atoms with van der Waals surface area (Å²) in [4.78, 5) is 21.1. The Labute approximate surface area is 185 Å². The molecule has 31 heavy (non-hydrogen) atoms. The smallest absolute Gasteiger partial charge is 0.251 e. The van der Waals surface area contributed by atoms with Gasteiger partial charge in [-0.15, -0.1) is 0 Å². The Morgan fingerprint density at radius 1 is 1.26 bits per heavy atom. The van der Waals surface area contributed by atoms with Crippen LogP contribution in [0.3, 0.4) is 0 Å². The Morgan fingerprint density at radius 3 is 2.77 bits per heavy atom. The van der Waals surface area contributed by atoms with E-state index in [1.165, 1.54) is 12.3 Å². The predicted molar refractivity (Wildman–Crippen MR) is 116 cm³/mol. The Balaban J connectivity index is 1.21. The lowest BCUT2D eigenvalue weighted by molar-refractivity contribution is 0.0723. The highest BCUT2D eigenvalue weighted by Crippen LogP contribution is 2.43. The number of nitrogens with zero attached hydrogens (tertiary/aromatic N) is 2. The topological polar surface area (TPSA) is 102 Å². The second-order valence-electron chi connectivity index (χ2n) is 8.91. The Morgan fingerprint density at radius 2 is 2.03 bits per heavy atom. The fraction of sp³-hybridized carbons (Fsp3) is 0.409. The Kier molecular flexibility index (Phi) is 4.82. The minimum Gasteiger partial charge on any atom is -0.441 e. The Bertz CT molecular complexity index is 1280. The molecule has 1 aromatic carbocycles. The molecule has 162 valence electrons. The summed E-state index contributed by atoms with van der Waals surface area (Å²) >= 11 is 6.01. The maximum atomic E-state index is 12.7. The number of hydrogen-bond donors (Lipinski definition) is 1. The predicted octanol–water partition coefficient (Wildman–Crippen LogP) is 3.95. The third kappa shape index (κ3) is 4.06. The van der Waals surface area contributed by atoms with Crippen molar-refractivity contribution in [2.45, 2.75) is 55.3 Å². The largest absolute Gasteiger partial charge is 0.441 e. The first kappa shape index (κ1) is 20.5. The fourth-order valence-corrected chi connectivity index (χ4v) is 6.05. The van der Waals surface area contributed by atoms with Crippen LogP contribution in [0.1, 0.15) is 48.9 Å². The van der Waals surface area contributed by atoms with E-state index < -0.39 is 9.84 Å². The van der Waals surface area contributed by atoms with Crippen LogP contribution in [-0.4, -0.2) is 35.6 Å². The summed E-state index contributed by atoms with van der Waals surface area (Å²) in [5.41, 5.74) is 1.74. The van der Waals surface area contributed by atoms with E-state index in [-0.39, 0.29) is 27.6 Å². The molecule has 2 aromatic heterocycles. The summed E-state index contributed by atoms with van der Waals surface area (Å²) in [7, 11) is -3.43. The van der Waals surface area contributed by atoms with Crippen molar-refractivity contribution in [2.75, 3.05) is 0 Å². The highest BCUT2D eigenvalue weighted by molar-refractivity contribution is 7.92. The normalized spacial score (nSPS) is 23.5. The zero-order valence-electron chi connectivity index (χ0n) is 17.0. The van der Waals surface area contributed by atoms with E-state index in [9.17, 15) is 13.2 Å². The van der Waals surface area contributed by atoms with Crippen molar-refractivity contribution < 1.29 is 17.6 Å². The number of amides is 1. The number of carbonyl (C=O) groups is 1. The first-order valence-electron chi connectivity index (χ1n) is 10.3. The molecule has 0 saturated heterocycles. The highest BCUT2D eigenvalue weighted by atomic mass is 35.5. The van der Waals surface area contributed by atoms with E-state index >= 15 is 0 Å². The molecule has 0 atom stereocenters. The maximum absolute atomic E-state index is 12.7. The average molecular weight is 460 g/mol. The molecule has 1 amide bonds. The van der Waals surface area contributed by atoms with Gasteiger partial charge in [-0.2, -0.15) is 0 Å². The van der Waals surface area contributed by atoms with Crippen molar-refractivity contribution in [3.05, 3.63) is 53.0 Å². The summed E-state index contributed by atoms with van der Waals surface area (Å²) in [6.45, 7) is 2.14. The molecule has 0 unspecified atom stereocenters. The van der Waals surface area contributed by atoms with Crippen LogP contribution in [0, 0.1) is 5.41 Å². The van der Waals surface area contributed by atoms with Crippen molar-refractivity contribution in [3.8, 4) is 0 Å². The van der Waals surface area contributed by atoms with Gasteiger partial charge < -0.3 is 9.73 Å². The summed E-state index contributed by atoms with van der Waals surface area (Å²) in [5, 5.41) is 3.25. The molecule has 0 radical (unpaired) electrons. The summed E-state index contributed by atoms with van der Waals surface area (Å²) in [6.07, 6.45) is 4.95. The molecule has 5 rings (SSSR count). The quantitative estimate of drug-likeness (QED) is 0.598. The number of halogens is 1. The highest BCUT2D eigenvalue weighted by Gasteiger charge is 2.42. The van der Waals surface area contributed by atoms with Crippen molar-refractivity contribution in [1.82, 2.24) is 15.3 Å². The van der Waals surface area contributed by atoms with Gasteiger partial charge in [0.15, 0.2) is 26.3 Å². The average Bonchev–Trinajstić information content (AvgIpc) is 3.49. The van der Waals surface area contributed by atoms with Gasteiger partial charge in [-0.25, -0.2) is 18.4 Å². The number of rotatable bonds is 6. The van der Waals surface area contributed by atoms with E-state index in [1.807, 2.05) is 6.07 Å². The standard InChI is InChI=1S/C22H22ClN3O4S/c1-22(12-19-26-17-9-14(23)2-5-18(17)30-19)10-15(11-22)25-21(27)13-6-7-24-20(8-13)31(28,29)16-3-4-16/h2,5-9,15-16H,3-4,10-12H2,1H3,(H,25,27)/t15-,22+. The molecule has 9 heteroatoms. The SMILES string of the molecule is C[C@]1(Cc2nc3cc(Cl)ccc3o2)C[C@@H](NC(=O)c2ccnc(S(=O)(=O)C3CC3)c2)C1. The third-order valence-corrected chi connectivity index (χ3v) is 8.43. The number of oxazole rings is 1. The maximum Gasteiger partial charge on any atom is 0.251 e. The lowest BCUT2D eigenvalue weighted by atomic mass is 9.65. The van der Waals surface area contributed by atoms with E-state index in [0.29, 0.717) is 41.3 Å². The molecule has 0 bridgehead atoms. The lowest BCUT2D eigenvalue weighted by Crippen LogP contribution is -2.50. The van der Waals surface area contributed by atoms with Crippen LogP contribution in [0.2, 0.25) is 5.02 Å². The van der Waals surface area contributed by atoms with Crippen LogP contribution in [0.5, 0.6) is 0 Å². The number of pyridine rings is 1. The van der Waals surface area contributed by atoms with Crippen LogP contribution < -0.4 is 5.32 Å². The van der Waals surface area contributed by atoms with Gasteiger partial charge in [-0.05, 0) is 61.4 Å². The second kappa shape index (κ2) is 7.31. The van der Waals surface area contributed by atoms with Crippen molar-refractivity contribution in [2.24, 2.45) is 5.41 Å². The van der Waals surface area contributed by atoms with Gasteiger partial charge in [0, 0.05) is 29.2 Å². The van der Waals surface area contributed by atoms with Crippen LogP contribution in [0.15, 0.2) is 46.0 Å². The number of benzene rings is 1. The van der Waals surface area contributed by atoms with Crippen molar-refractivity contribution in [3.63, 3.8) is 0 Å². The molecule has 7 nitrogen and oxygen atoms in total. The lowest BCUT2D eigenvalue weighted by Gasteiger charge is -2.45. The first-order valence-corrected chi connectivity index (χ1v) is 12.2.